The molecule has 3 aromatic rings. The average molecular weight is 561 g/mol. The number of hydrogen-bond donors (Lipinski definition) is 0. The first-order valence-corrected chi connectivity index (χ1v) is 13.9. The largest absolute Gasteiger partial charge is 0.379 e. The number of hydrogen-bond acceptors (Lipinski definition) is 5. The molecule has 1 saturated heterocycles. The van der Waals surface area contributed by atoms with Gasteiger partial charge in [-0.15, -0.1) is 0 Å². The summed E-state index contributed by atoms with van der Waals surface area (Å²) in [6, 6.07) is 17.4. The Bertz CT molecular complexity index is 1440. The molecule has 41 heavy (non-hydrogen) atoms. The van der Waals surface area contributed by atoms with E-state index in [4.69, 9.17) is 9.84 Å². The lowest BCUT2D eigenvalue weighted by atomic mass is 9.96. The molecular weight excluding hydrogens is 526 g/mol. The minimum Gasteiger partial charge on any atom is -0.379 e. The van der Waals surface area contributed by atoms with E-state index in [0.717, 1.165) is 41.1 Å². The highest BCUT2D eigenvalue weighted by atomic mass is 19.1. The Morgan fingerprint density at radius 3 is 2.41 bits per heavy atom. The lowest BCUT2D eigenvalue weighted by Gasteiger charge is -2.31. The molecule has 214 valence electrons. The van der Waals surface area contributed by atoms with Crippen molar-refractivity contribution in [1.82, 2.24) is 14.8 Å². The summed E-state index contributed by atoms with van der Waals surface area (Å²) in [6.45, 7) is 7.18. The topological polar surface area (TPSA) is 65.5 Å². The van der Waals surface area contributed by atoms with E-state index in [0.29, 0.717) is 26.2 Å². The van der Waals surface area contributed by atoms with E-state index in [-0.39, 0.29) is 24.5 Å². The molecule has 0 N–H and O–H groups in total. The van der Waals surface area contributed by atoms with Gasteiger partial charge in [-0.05, 0) is 66.4 Å². The number of ether oxygens (including phenoxy) is 1. The number of hydrazone groups is 1. The molecule has 1 atom stereocenters. The smallest absolute Gasteiger partial charge is 0.262 e. The number of rotatable bonds is 8. The highest BCUT2D eigenvalue weighted by Gasteiger charge is 2.35. The van der Waals surface area contributed by atoms with Crippen LogP contribution in [0.2, 0.25) is 0 Å². The van der Waals surface area contributed by atoms with Crippen LogP contribution in [-0.4, -0.2) is 78.3 Å². The number of nitrogens with zero attached hydrogens (tertiary/aromatic N) is 4. The van der Waals surface area contributed by atoms with E-state index < -0.39 is 23.7 Å². The fraction of sp³-hybridized carbons (Fsp3) is 0.344. The fourth-order valence-electron chi connectivity index (χ4n) is 5.16. The molecule has 0 aromatic heterocycles. The Kier molecular flexibility index (Phi) is 8.85. The number of carbonyl (C=O) groups excluding carboxylic acids is 2. The van der Waals surface area contributed by atoms with Crippen LogP contribution in [0, 0.1) is 25.5 Å². The van der Waals surface area contributed by atoms with E-state index in [1.165, 1.54) is 40.2 Å². The third-order valence-electron chi connectivity index (χ3n) is 7.77. The molecule has 2 aliphatic rings. The second-order valence-corrected chi connectivity index (χ2v) is 10.5. The van der Waals surface area contributed by atoms with Crippen molar-refractivity contribution in [3.8, 4) is 0 Å². The van der Waals surface area contributed by atoms with Crippen molar-refractivity contribution in [2.75, 3.05) is 45.9 Å². The first-order chi connectivity index (χ1) is 19.8. The fourth-order valence-corrected chi connectivity index (χ4v) is 5.16. The molecule has 0 spiro atoms. The third-order valence-corrected chi connectivity index (χ3v) is 7.77. The Balaban J connectivity index is 1.43. The first-order valence-electron chi connectivity index (χ1n) is 13.9. The highest BCUT2D eigenvalue weighted by Crippen LogP contribution is 2.33. The van der Waals surface area contributed by atoms with Gasteiger partial charge in [-0.1, -0.05) is 36.4 Å². The van der Waals surface area contributed by atoms with Gasteiger partial charge in [0.05, 0.1) is 30.5 Å². The van der Waals surface area contributed by atoms with E-state index in [9.17, 15) is 18.4 Å². The molecule has 2 amide bonds. The lowest BCUT2D eigenvalue weighted by molar-refractivity contribution is -0.133. The maximum absolute atomic E-state index is 14.6. The minimum absolute atomic E-state index is 0.0851. The molecule has 2 heterocycles. The van der Waals surface area contributed by atoms with Gasteiger partial charge < -0.3 is 9.64 Å². The normalized spacial score (nSPS) is 17.4. The predicted molar refractivity (Wildman–Crippen MR) is 153 cm³/mol. The van der Waals surface area contributed by atoms with Crippen molar-refractivity contribution in [3.63, 3.8) is 0 Å². The minimum atomic E-state index is -0.637. The maximum Gasteiger partial charge on any atom is 0.262 e. The van der Waals surface area contributed by atoms with Gasteiger partial charge in [0.1, 0.15) is 18.2 Å². The van der Waals surface area contributed by atoms with Crippen molar-refractivity contribution in [1.29, 1.82) is 0 Å². The van der Waals surface area contributed by atoms with Crippen LogP contribution < -0.4 is 0 Å². The second kappa shape index (κ2) is 12.7. The quantitative estimate of drug-likeness (QED) is 0.400. The van der Waals surface area contributed by atoms with E-state index in [2.05, 4.69) is 4.90 Å². The van der Waals surface area contributed by atoms with Crippen LogP contribution >= 0.6 is 0 Å². The summed E-state index contributed by atoms with van der Waals surface area (Å²) in [7, 11) is 0. The van der Waals surface area contributed by atoms with Crippen LogP contribution in [0.3, 0.4) is 0 Å². The summed E-state index contributed by atoms with van der Waals surface area (Å²) in [5.74, 6) is -1.96. The Morgan fingerprint density at radius 1 is 0.976 bits per heavy atom. The molecule has 9 heteroatoms. The maximum atomic E-state index is 14.6. The van der Waals surface area contributed by atoms with Crippen molar-refractivity contribution < 1.29 is 23.1 Å². The molecule has 0 aliphatic carbocycles. The van der Waals surface area contributed by atoms with Crippen LogP contribution in [0.1, 0.15) is 45.1 Å². The standard InChI is InChI=1S/C32H34F2N4O3/c1-22-7-8-25(19-23(22)2)29-20-30(24-9-11-26(33)12-10-24)38(35-29)31(39)21-37(14-13-36-15-17-41-18-16-36)32(40)27-5-3-4-6-28(27)34/h3-12,19,30H,13-18,20-21H2,1-2H3/t30-/m0/s1. The van der Waals surface area contributed by atoms with E-state index >= 15 is 0 Å². The van der Waals surface area contributed by atoms with Crippen LogP contribution in [0.5, 0.6) is 0 Å². The van der Waals surface area contributed by atoms with Crippen LogP contribution in [0.15, 0.2) is 71.8 Å². The predicted octanol–water partition coefficient (Wildman–Crippen LogP) is 4.73. The highest BCUT2D eigenvalue weighted by molar-refractivity contribution is 6.04. The second-order valence-electron chi connectivity index (χ2n) is 10.5. The molecular formula is C32H34F2N4O3. The average Bonchev–Trinajstić information content (AvgIpc) is 3.43. The van der Waals surface area contributed by atoms with Crippen molar-refractivity contribution in [2.24, 2.45) is 5.10 Å². The van der Waals surface area contributed by atoms with Gasteiger partial charge in [-0.3, -0.25) is 14.5 Å². The zero-order valence-electron chi connectivity index (χ0n) is 23.4. The van der Waals surface area contributed by atoms with E-state index in [1.807, 2.05) is 32.0 Å². The number of morpholine rings is 1. The molecule has 3 aromatic carbocycles. The van der Waals surface area contributed by atoms with Crippen LogP contribution in [0.25, 0.3) is 0 Å². The third kappa shape index (κ3) is 6.69. The number of amides is 2. The zero-order valence-corrected chi connectivity index (χ0v) is 23.4. The molecule has 0 unspecified atom stereocenters. The van der Waals surface area contributed by atoms with Crippen molar-refractivity contribution >= 4 is 17.5 Å². The molecule has 0 saturated carbocycles. The summed E-state index contributed by atoms with van der Waals surface area (Å²) in [5.41, 5.74) is 4.55. The molecule has 7 nitrogen and oxygen atoms in total. The van der Waals surface area contributed by atoms with Crippen molar-refractivity contribution in [3.05, 3.63) is 106 Å². The molecule has 0 bridgehead atoms. The Hall–Kier alpha value is -3.95. The number of aryl methyl sites for hydroxylation is 2. The van der Waals surface area contributed by atoms with Crippen LogP contribution in [-0.2, 0) is 9.53 Å². The van der Waals surface area contributed by atoms with Gasteiger partial charge in [0.25, 0.3) is 11.8 Å². The van der Waals surface area contributed by atoms with Crippen molar-refractivity contribution in [2.45, 2.75) is 26.3 Å². The van der Waals surface area contributed by atoms with Gasteiger partial charge in [-0.2, -0.15) is 5.10 Å². The summed E-state index contributed by atoms with van der Waals surface area (Å²) in [6.07, 6.45) is 0.439. The van der Waals surface area contributed by atoms with Crippen LogP contribution in [0.4, 0.5) is 8.78 Å². The Labute approximate surface area is 239 Å². The van der Waals surface area contributed by atoms with E-state index in [1.54, 1.807) is 18.2 Å². The SMILES string of the molecule is Cc1ccc(C2=NN(C(=O)CN(CCN3CCOCC3)C(=O)c3ccccc3F)[C@H](c3ccc(F)cc3)C2)cc1C. The molecule has 1 fully saturated rings. The molecule has 2 aliphatic heterocycles. The molecule has 0 radical (unpaired) electrons. The number of carbonyl (C=O) groups is 2. The lowest BCUT2D eigenvalue weighted by Crippen LogP contribution is -2.46. The first kappa shape index (κ1) is 28.6. The monoisotopic (exact) mass is 560 g/mol. The van der Waals surface area contributed by atoms with Gasteiger partial charge in [0.2, 0.25) is 0 Å². The number of benzene rings is 3. The summed E-state index contributed by atoms with van der Waals surface area (Å²) < 4.78 is 33.8. The summed E-state index contributed by atoms with van der Waals surface area (Å²) in [4.78, 5) is 31.0. The number of halogens is 2. The zero-order chi connectivity index (χ0) is 28.9. The van der Waals surface area contributed by atoms with Gasteiger partial charge in [0, 0.05) is 32.6 Å². The van der Waals surface area contributed by atoms with Gasteiger partial charge in [0.15, 0.2) is 0 Å². The summed E-state index contributed by atoms with van der Waals surface area (Å²) in [5, 5.41) is 6.13. The Morgan fingerprint density at radius 2 is 1.71 bits per heavy atom. The van der Waals surface area contributed by atoms with Gasteiger partial charge >= 0.3 is 0 Å². The summed E-state index contributed by atoms with van der Waals surface area (Å²) >= 11 is 0. The van der Waals surface area contributed by atoms with Gasteiger partial charge in [-0.25, -0.2) is 13.8 Å². The molecule has 5 rings (SSSR count).